The molecule has 0 atom stereocenters. The van der Waals surface area contributed by atoms with E-state index < -0.39 is 0 Å². The summed E-state index contributed by atoms with van der Waals surface area (Å²) in [6.45, 7) is 5.54. The molecule has 0 bridgehead atoms. The zero-order valence-corrected chi connectivity index (χ0v) is 7.22. The normalized spacial score (nSPS) is 8.27. The number of hydrogen-bond donors (Lipinski definition) is 1. The Morgan fingerprint density at radius 3 is 2.73 bits per heavy atom. The highest BCUT2D eigenvalue weighted by atomic mass is 16.1. The fourth-order valence-corrected chi connectivity index (χ4v) is 0.630. The molecule has 0 unspecified atom stereocenters. The maximum Gasteiger partial charge on any atom is 0.137 e. The summed E-state index contributed by atoms with van der Waals surface area (Å²) in [5, 5.41) is 0. The number of nitrogens with zero attached hydrogens (tertiary/aromatic N) is 1. The Hall–Kier alpha value is -1.12. The van der Waals surface area contributed by atoms with Gasteiger partial charge in [0.1, 0.15) is 11.6 Å². The van der Waals surface area contributed by atoms with Crippen LogP contribution in [0.15, 0.2) is 12.4 Å². The smallest absolute Gasteiger partial charge is 0.137 e. The van der Waals surface area contributed by atoms with E-state index >= 15 is 0 Å². The number of ketones is 1. The molecule has 1 aromatic heterocycles. The van der Waals surface area contributed by atoms with Crippen LogP contribution >= 0.6 is 0 Å². The van der Waals surface area contributed by atoms with Crippen molar-refractivity contribution in [1.82, 2.24) is 9.97 Å². The average molecular weight is 156 g/mol. The van der Waals surface area contributed by atoms with Crippen molar-refractivity contribution in [2.75, 3.05) is 0 Å². The van der Waals surface area contributed by atoms with Crippen molar-refractivity contribution in [3.8, 4) is 0 Å². The molecule has 0 aliphatic rings. The summed E-state index contributed by atoms with van der Waals surface area (Å²) < 4.78 is 0. The minimum absolute atomic E-state index is 0. The van der Waals surface area contributed by atoms with Gasteiger partial charge in [-0.25, -0.2) is 4.98 Å². The van der Waals surface area contributed by atoms with Gasteiger partial charge < -0.3 is 4.98 Å². The van der Waals surface area contributed by atoms with E-state index in [1.165, 1.54) is 0 Å². The van der Waals surface area contributed by atoms with Crippen LogP contribution < -0.4 is 0 Å². The van der Waals surface area contributed by atoms with Crippen molar-refractivity contribution < 1.29 is 6.22 Å². The molecule has 3 nitrogen and oxygen atoms in total. The van der Waals surface area contributed by atoms with Gasteiger partial charge >= 0.3 is 0 Å². The van der Waals surface area contributed by atoms with Gasteiger partial charge in [0.25, 0.3) is 0 Å². The molecule has 0 aromatic carbocycles. The number of carbonyl (C=O) groups is 1. The molecule has 0 spiro atoms. The molecule has 1 heterocycles. The van der Waals surface area contributed by atoms with E-state index in [1.54, 1.807) is 19.3 Å². The van der Waals surface area contributed by atoms with Gasteiger partial charge in [0, 0.05) is 13.8 Å². The zero-order valence-electron chi connectivity index (χ0n) is 7.22. The quantitative estimate of drug-likeness (QED) is 0.709. The third-order valence-corrected chi connectivity index (χ3v) is 0.971. The van der Waals surface area contributed by atoms with Crippen molar-refractivity contribution in [2.24, 2.45) is 0 Å². The standard InChI is InChI=1S/C6H8N2O.C2H6.H2/c1-5(9)4-6-7-2-3-8-6;1-2;/h2-3H,4H2,1H3,(H,7,8);1-2H3;1H. The van der Waals surface area contributed by atoms with Gasteiger partial charge in [0.2, 0.25) is 0 Å². The molecule has 0 saturated carbocycles. The fraction of sp³-hybridized carbons (Fsp3) is 0.500. The van der Waals surface area contributed by atoms with E-state index in [4.69, 9.17) is 0 Å². The second-order valence-electron chi connectivity index (χ2n) is 1.91. The van der Waals surface area contributed by atoms with E-state index in [1.807, 2.05) is 13.8 Å². The molecule has 1 N–H and O–H groups in total. The van der Waals surface area contributed by atoms with Crippen LogP contribution in [0.5, 0.6) is 0 Å². The van der Waals surface area contributed by atoms with E-state index in [-0.39, 0.29) is 7.21 Å². The van der Waals surface area contributed by atoms with Crippen molar-refractivity contribution in [3.05, 3.63) is 18.2 Å². The maximum atomic E-state index is 10.5. The second kappa shape index (κ2) is 5.65. The number of nitrogens with one attached hydrogen (secondary N) is 1. The highest BCUT2D eigenvalue weighted by molar-refractivity contribution is 5.77. The van der Waals surface area contributed by atoms with Crippen LogP contribution in [0, 0.1) is 0 Å². The highest BCUT2D eigenvalue weighted by Crippen LogP contribution is 1.89. The van der Waals surface area contributed by atoms with Crippen LogP contribution in [0.25, 0.3) is 0 Å². The lowest BCUT2D eigenvalue weighted by Gasteiger charge is -1.86. The summed E-state index contributed by atoms with van der Waals surface area (Å²) in [4.78, 5) is 17.2. The molecule has 1 rings (SSSR count). The van der Waals surface area contributed by atoms with Gasteiger partial charge in [0.15, 0.2) is 0 Å². The van der Waals surface area contributed by atoms with Crippen LogP contribution in [0.2, 0.25) is 0 Å². The zero-order chi connectivity index (χ0) is 8.69. The van der Waals surface area contributed by atoms with Crippen LogP contribution in [0.1, 0.15) is 28.0 Å². The molecule has 0 aliphatic carbocycles. The monoisotopic (exact) mass is 156 g/mol. The first-order valence-electron chi connectivity index (χ1n) is 3.77. The van der Waals surface area contributed by atoms with Crippen LogP contribution in [0.3, 0.4) is 0 Å². The van der Waals surface area contributed by atoms with E-state index in [9.17, 15) is 4.79 Å². The van der Waals surface area contributed by atoms with E-state index in [0.29, 0.717) is 6.42 Å². The second-order valence-corrected chi connectivity index (χ2v) is 1.91. The molecule has 0 radical (unpaired) electrons. The summed E-state index contributed by atoms with van der Waals surface area (Å²) in [7, 11) is 0. The summed E-state index contributed by atoms with van der Waals surface area (Å²) in [5.74, 6) is 0.868. The minimum Gasteiger partial charge on any atom is -0.348 e. The van der Waals surface area contributed by atoms with Gasteiger partial charge in [-0.3, -0.25) is 4.79 Å². The SMILES string of the molecule is CC.CC(=O)Cc1ncc[nH]1.[HH]. The predicted octanol–water partition coefficient (Wildman–Crippen LogP) is 1.81. The molecular formula is C8H16N2O. The Bertz CT molecular complexity index is 197. The molecular weight excluding hydrogens is 140 g/mol. The molecule has 0 fully saturated rings. The Morgan fingerprint density at radius 2 is 2.36 bits per heavy atom. The van der Waals surface area contributed by atoms with Gasteiger partial charge in [-0.15, -0.1) is 0 Å². The largest absolute Gasteiger partial charge is 0.348 e. The van der Waals surface area contributed by atoms with Crippen molar-refractivity contribution in [3.63, 3.8) is 0 Å². The Balaban J connectivity index is 0. The summed E-state index contributed by atoms with van der Waals surface area (Å²) in [6, 6.07) is 0. The maximum absolute atomic E-state index is 10.5. The third kappa shape index (κ3) is 4.31. The lowest BCUT2D eigenvalue weighted by atomic mass is 10.3. The molecule has 0 amide bonds. The first kappa shape index (κ1) is 9.88. The number of rotatable bonds is 2. The number of carbonyl (C=O) groups excluding carboxylic acids is 1. The summed E-state index contributed by atoms with van der Waals surface area (Å²) in [5.41, 5.74) is 0. The molecule has 1 aromatic rings. The lowest BCUT2D eigenvalue weighted by Crippen LogP contribution is -1.97. The van der Waals surface area contributed by atoms with Crippen LogP contribution in [0.4, 0.5) is 0 Å². The minimum atomic E-state index is 0. The first-order valence-corrected chi connectivity index (χ1v) is 3.77. The number of hydrogen-bond acceptors (Lipinski definition) is 2. The topological polar surface area (TPSA) is 45.8 Å². The lowest BCUT2D eigenvalue weighted by molar-refractivity contribution is -0.116. The predicted molar refractivity (Wildman–Crippen MR) is 46.4 cm³/mol. The first-order chi connectivity index (χ1) is 5.29. The Labute approximate surface area is 68.3 Å². The number of aromatic nitrogens is 2. The highest BCUT2D eigenvalue weighted by Gasteiger charge is 1.96. The number of aromatic amines is 1. The number of H-pyrrole nitrogens is 1. The van der Waals surface area contributed by atoms with Gasteiger partial charge in [-0.2, -0.15) is 0 Å². The van der Waals surface area contributed by atoms with E-state index in [2.05, 4.69) is 9.97 Å². The fourth-order valence-electron chi connectivity index (χ4n) is 0.630. The number of Topliss-reactive ketones (excluding diaryl/α,β-unsaturated/α-hetero) is 1. The van der Waals surface area contributed by atoms with Crippen LogP contribution in [-0.2, 0) is 11.2 Å². The Kier molecular flexibility index (Phi) is 5.07. The van der Waals surface area contributed by atoms with Gasteiger partial charge in [0.05, 0.1) is 6.42 Å². The molecule has 0 aliphatic heterocycles. The molecule has 0 saturated heterocycles. The third-order valence-electron chi connectivity index (χ3n) is 0.971. The van der Waals surface area contributed by atoms with Crippen molar-refractivity contribution in [1.29, 1.82) is 0 Å². The van der Waals surface area contributed by atoms with Gasteiger partial charge in [-0.1, -0.05) is 13.8 Å². The average Bonchev–Trinajstić information content (AvgIpc) is 2.43. The molecule has 11 heavy (non-hydrogen) atoms. The van der Waals surface area contributed by atoms with E-state index in [0.717, 1.165) is 5.82 Å². The van der Waals surface area contributed by atoms with Gasteiger partial charge in [-0.05, 0) is 6.92 Å². The molecule has 64 valence electrons. The van der Waals surface area contributed by atoms with Crippen molar-refractivity contribution in [2.45, 2.75) is 27.2 Å². The summed E-state index contributed by atoms with van der Waals surface area (Å²) >= 11 is 0. The molecule has 3 heteroatoms. The summed E-state index contributed by atoms with van der Waals surface area (Å²) in [6.07, 6.45) is 3.75. The Morgan fingerprint density at radius 1 is 1.73 bits per heavy atom. The van der Waals surface area contributed by atoms with Crippen LogP contribution in [-0.4, -0.2) is 15.8 Å². The van der Waals surface area contributed by atoms with Crippen molar-refractivity contribution >= 4 is 5.78 Å². The number of imidazole rings is 1.